The number of rotatable bonds is 8. The van der Waals surface area contributed by atoms with Crippen LogP contribution in [0.25, 0.3) is 0 Å². The van der Waals surface area contributed by atoms with Gasteiger partial charge < -0.3 is 15.8 Å². The standard InChI is InChI=1S/C15H26N2O4/c1-3-21-13(19)8-10(2)14(15(16)20)17-12(18)9-11-6-4-5-7-11/h10-11,14H,3-9H2,1-2H3,(H2,16,20)(H,17,18)/t10-,14-/m1/s1. The van der Waals surface area contributed by atoms with E-state index in [2.05, 4.69) is 5.32 Å². The summed E-state index contributed by atoms with van der Waals surface area (Å²) in [7, 11) is 0. The second-order valence-corrected chi connectivity index (χ2v) is 5.79. The summed E-state index contributed by atoms with van der Waals surface area (Å²) in [6.45, 7) is 3.72. The van der Waals surface area contributed by atoms with Crippen LogP contribution in [0.2, 0.25) is 0 Å². The summed E-state index contributed by atoms with van der Waals surface area (Å²) in [6.07, 6.45) is 4.94. The number of nitrogens with two attached hydrogens (primary N) is 1. The molecule has 0 aromatic carbocycles. The third-order valence-corrected chi connectivity index (χ3v) is 3.93. The lowest BCUT2D eigenvalue weighted by molar-refractivity contribution is -0.145. The molecule has 0 saturated heterocycles. The number of hydrogen-bond acceptors (Lipinski definition) is 4. The van der Waals surface area contributed by atoms with E-state index in [0.717, 1.165) is 25.7 Å². The van der Waals surface area contributed by atoms with Gasteiger partial charge in [-0.25, -0.2) is 0 Å². The highest BCUT2D eigenvalue weighted by Crippen LogP contribution is 2.27. The number of nitrogens with one attached hydrogen (secondary N) is 1. The first-order chi connectivity index (χ1) is 9.93. The second-order valence-electron chi connectivity index (χ2n) is 5.79. The predicted molar refractivity (Wildman–Crippen MR) is 78.1 cm³/mol. The van der Waals surface area contributed by atoms with E-state index in [4.69, 9.17) is 10.5 Å². The molecule has 6 nitrogen and oxygen atoms in total. The van der Waals surface area contributed by atoms with E-state index in [-0.39, 0.29) is 24.2 Å². The zero-order valence-corrected chi connectivity index (χ0v) is 12.9. The van der Waals surface area contributed by atoms with Gasteiger partial charge in [0.1, 0.15) is 6.04 Å². The number of amides is 2. The molecule has 21 heavy (non-hydrogen) atoms. The Kier molecular flexibility index (Phi) is 7.19. The summed E-state index contributed by atoms with van der Waals surface area (Å²) >= 11 is 0. The van der Waals surface area contributed by atoms with Gasteiger partial charge in [-0.2, -0.15) is 0 Å². The number of carbonyl (C=O) groups excluding carboxylic acids is 3. The number of hydrogen-bond donors (Lipinski definition) is 2. The van der Waals surface area contributed by atoms with Gasteiger partial charge >= 0.3 is 5.97 Å². The minimum atomic E-state index is -0.830. The normalized spacial score (nSPS) is 18.0. The number of ether oxygens (including phenoxy) is 1. The van der Waals surface area contributed by atoms with Crippen LogP contribution in [0.4, 0.5) is 0 Å². The van der Waals surface area contributed by atoms with Crippen LogP contribution in [-0.4, -0.2) is 30.4 Å². The van der Waals surface area contributed by atoms with E-state index in [9.17, 15) is 14.4 Å². The summed E-state index contributed by atoms with van der Waals surface area (Å²) in [4.78, 5) is 35.0. The molecule has 1 fully saturated rings. The average Bonchev–Trinajstić information content (AvgIpc) is 2.88. The van der Waals surface area contributed by atoms with Crippen molar-refractivity contribution in [2.24, 2.45) is 17.6 Å². The van der Waals surface area contributed by atoms with E-state index in [1.165, 1.54) is 0 Å². The molecule has 0 heterocycles. The quantitative estimate of drug-likeness (QED) is 0.656. The largest absolute Gasteiger partial charge is 0.466 e. The maximum Gasteiger partial charge on any atom is 0.306 e. The van der Waals surface area contributed by atoms with Gasteiger partial charge in [-0.1, -0.05) is 19.8 Å². The minimum absolute atomic E-state index is 0.0607. The van der Waals surface area contributed by atoms with Gasteiger partial charge in [0.05, 0.1) is 13.0 Å². The summed E-state index contributed by atoms with van der Waals surface area (Å²) in [5.74, 6) is -1.15. The minimum Gasteiger partial charge on any atom is -0.466 e. The van der Waals surface area contributed by atoms with Crippen molar-refractivity contribution in [3.63, 3.8) is 0 Å². The Morgan fingerprint density at radius 3 is 2.43 bits per heavy atom. The first-order valence-electron chi connectivity index (χ1n) is 7.68. The molecule has 1 saturated carbocycles. The lowest BCUT2D eigenvalue weighted by atomic mass is 9.96. The monoisotopic (exact) mass is 298 g/mol. The van der Waals surface area contributed by atoms with Crippen molar-refractivity contribution in [2.75, 3.05) is 6.61 Å². The Morgan fingerprint density at radius 1 is 1.29 bits per heavy atom. The topological polar surface area (TPSA) is 98.5 Å². The van der Waals surface area contributed by atoms with Gasteiger partial charge in [0, 0.05) is 6.42 Å². The predicted octanol–water partition coefficient (Wildman–Crippen LogP) is 1.13. The van der Waals surface area contributed by atoms with Crippen molar-refractivity contribution in [1.29, 1.82) is 0 Å². The Bertz CT molecular complexity index is 378. The molecule has 1 rings (SSSR count). The summed E-state index contributed by atoms with van der Waals surface area (Å²) in [6, 6.07) is -0.830. The fourth-order valence-corrected chi connectivity index (χ4v) is 2.80. The molecule has 1 aliphatic rings. The van der Waals surface area contributed by atoms with Gasteiger partial charge in [0.15, 0.2) is 0 Å². The molecule has 0 spiro atoms. The van der Waals surface area contributed by atoms with Crippen LogP contribution in [-0.2, 0) is 19.1 Å². The fourth-order valence-electron chi connectivity index (χ4n) is 2.80. The molecule has 120 valence electrons. The summed E-state index contributed by atoms with van der Waals surface area (Å²) in [5.41, 5.74) is 5.34. The third-order valence-electron chi connectivity index (χ3n) is 3.93. The number of primary amides is 1. The highest BCUT2D eigenvalue weighted by Gasteiger charge is 2.28. The first kappa shape index (κ1) is 17.5. The molecule has 0 radical (unpaired) electrons. The van der Waals surface area contributed by atoms with Gasteiger partial charge in [-0.3, -0.25) is 14.4 Å². The first-order valence-corrected chi connectivity index (χ1v) is 7.68. The smallest absolute Gasteiger partial charge is 0.306 e. The third kappa shape index (κ3) is 6.14. The maximum atomic E-state index is 12.0. The second kappa shape index (κ2) is 8.64. The van der Waals surface area contributed by atoms with Crippen LogP contribution in [0, 0.1) is 11.8 Å². The molecule has 1 aliphatic carbocycles. The van der Waals surface area contributed by atoms with Crippen molar-refractivity contribution in [1.82, 2.24) is 5.32 Å². The maximum absolute atomic E-state index is 12.0. The van der Waals surface area contributed by atoms with Crippen LogP contribution in [0.15, 0.2) is 0 Å². The summed E-state index contributed by atoms with van der Waals surface area (Å²) < 4.78 is 4.85. The van der Waals surface area contributed by atoms with E-state index >= 15 is 0 Å². The molecule has 3 N–H and O–H groups in total. The number of esters is 1. The highest BCUT2D eigenvalue weighted by molar-refractivity contribution is 5.87. The molecule has 2 amide bonds. The van der Waals surface area contributed by atoms with Crippen LogP contribution >= 0.6 is 0 Å². The zero-order chi connectivity index (χ0) is 15.8. The zero-order valence-electron chi connectivity index (χ0n) is 12.9. The molecule has 0 aliphatic heterocycles. The van der Waals surface area contributed by atoms with Crippen molar-refractivity contribution < 1.29 is 19.1 Å². The van der Waals surface area contributed by atoms with Crippen LogP contribution in [0.5, 0.6) is 0 Å². The van der Waals surface area contributed by atoms with Crippen molar-refractivity contribution in [3.05, 3.63) is 0 Å². The molecular formula is C15H26N2O4. The highest BCUT2D eigenvalue weighted by atomic mass is 16.5. The van der Waals surface area contributed by atoms with Gasteiger partial charge in [-0.05, 0) is 31.6 Å². The van der Waals surface area contributed by atoms with Gasteiger partial charge in [0.2, 0.25) is 11.8 Å². The van der Waals surface area contributed by atoms with E-state index in [0.29, 0.717) is 18.9 Å². The van der Waals surface area contributed by atoms with E-state index in [1.54, 1.807) is 13.8 Å². The molecule has 0 aromatic rings. The van der Waals surface area contributed by atoms with Crippen molar-refractivity contribution >= 4 is 17.8 Å². The van der Waals surface area contributed by atoms with Crippen molar-refractivity contribution in [2.45, 2.75) is 58.4 Å². The Morgan fingerprint density at radius 2 is 1.90 bits per heavy atom. The lowest BCUT2D eigenvalue weighted by Crippen LogP contribution is -2.49. The Hall–Kier alpha value is -1.59. The average molecular weight is 298 g/mol. The molecule has 0 bridgehead atoms. The molecular weight excluding hydrogens is 272 g/mol. The molecule has 0 unspecified atom stereocenters. The molecule has 6 heteroatoms. The number of carbonyl (C=O) groups is 3. The van der Waals surface area contributed by atoms with E-state index in [1.807, 2.05) is 0 Å². The van der Waals surface area contributed by atoms with Crippen LogP contribution in [0.1, 0.15) is 52.4 Å². The van der Waals surface area contributed by atoms with Crippen LogP contribution in [0.3, 0.4) is 0 Å². The lowest BCUT2D eigenvalue weighted by Gasteiger charge is -2.22. The van der Waals surface area contributed by atoms with E-state index < -0.39 is 11.9 Å². The summed E-state index contributed by atoms with van der Waals surface area (Å²) in [5, 5.41) is 2.67. The SMILES string of the molecule is CCOC(=O)C[C@@H](C)[C@@H](NC(=O)CC1CCCC1)C(N)=O. The van der Waals surface area contributed by atoms with Crippen molar-refractivity contribution in [3.8, 4) is 0 Å². The Labute approximate surface area is 125 Å². The van der Waals surface area contributed by atoms with Gasteiger partial charge in [0.25, 0.3) is 0 Å². The van der Waals surface area contributed by atoms with Gasteiger partial charge in [-0.15, -0.1) is 0 Å². The molecule has 2 atom stereocenters. The molecule has 0 aromatic heterocycles. The Balaban J connectivity index is 2.49. The van der Waals surface area contributed by atoms with Crippen LogP contribution < -0.4 is 11.1 Å². The fraction of sp³-hybridized carbons (Fsp3) is 0.800.